The van der Waals surface area contributed by atoms with Gasteiger partial charge in [0.05, 0.1) is 12.2 Å². The predicted molar refractivity (Wildman–Crippen MR) is 99.4 cm³/mol. The Labute approximate surface area is 164 Å². The van der Waals surface area contributed by atoms with Crippen molar-refractivity contribution in [1.29, 1.82) is 0 Å². The summed E-state index contributed by atoms with van der Waals surface area (Å²) >= 11 is 0. The van der Waals surface area contributed by atoms with E-state index in [4.69, 9.17) is 0 Å². The normalized spacial score (nSPS) is 19.3. The summed E-state index contributed by atoms with van der Waals surface area (Å²) in [6, 6.07) is 10.7. The van der Waals surface area contributed by atoms with E-state index in [2.05, 4.69) is 15.0 Å². The lowest BCUT2D eigenvalue weighted by Crippen LogP contribution is -2.40. The first kappa shape index (κ1) is 18.9. The van der Waals surface area contributed by atoms with Crippen molar-refractivity contribution < 1.29 is 23.1 Å². The number of carbonyl (C=O) groups is 2. The number of alkyl halides is 2. The number of carbonyl (C=O) groups excluding carboxylic acids is 2. The van der Waals surface area contributed by atoms with Gasteiger partial charge in [0.2, 0.25) is 0 Å². The van der Waals surface area contributed by atoms with Gasteiger partial charge in [0.15, 0.2) is 0 Å². The van der Waals surface area contributed by atoms with Crippen molar-refractivity contribution in [2.45, 2.75) is 32.5 Å². The molecule has 0 bridgehead atoms. The highest BCUT2D eigenvalue weighted by Gasteiger charge is 2.49. The number of nitrogens with zero attached hydrogens (tertiary/aromatic N) is 3. The molecule has 2 aromatic heterocycles. The number of fused-ring (bicyclic) bond motifs is 1. The second-order valence-electron chi connectivity index (χ2n) is 6.98. The number of halogens is 2. The topological polar surface area (TPSA) is 75.9 Å². The van der Waals surface area contributed by atoms with E-state index in [1.807, 2.05) is 29.5 Å². The van der Waals surface area contributed by atoms with E-state index in [1.54, 1.807) is 13.1 Å². The number of benzene rings is 1. The molecule has 0 spiro atoms. The fraction of sp³-hybridized carbons (Fsp3) is 0.250. The van der Waals surface area contributed by atoms with Crippen LogP contribution >= 0.6 is 0 Å². The summed E-state index contributed by atoms with van der Waals surface area (Å²) in [5, 5.41) is 2.69. The molecule has 3 amide bonds. The maximum Gasteiger partial charge on any atom is 0.387 e. The van der Waals surface area contributed by atoms with E-state index in [-0.39, 0.29) is 12.3 Å². The lowest BCUT2D eigenvalue weighted by Gasteiger charge is -2.22. The van der Waals surface area contributed by atoms with Gasteiger partial charge in [-0.05, 0) is 43.7 Å². The number of aryl methyl sites for hydroxylation is 1. The number of nitrogens with one attached hydrogen (secondary N) is 1. The second-order valence-corrected chi connectivity index (χ2v) is 6.98. The number of hydrogen-bond donors (Lipinski definition) is 1. The highest BCUT2D eigenvalue weighted by molar-refractivity contribution is 6.07. The summed E-state index contributed by atoms with van der Waals surface area (Å²) in [5.41, 5.74) is 1.44. The molecule has 0 aliphatic carbocycles. The van der Waals surface area contributed by atoms with E-state index >= 15 is 0 Å². The molecule has 1 aliphatic rings. The van der Waals surface area contributed by atoms with E-state index < -0.39 is 24.1 Å². The predicted octanol–water partition coefficient (Wildman–Crippen LogP) is 3.21. The minimum Gasteiger partial charge on any atom is -0.435 e. The van der Waals surface area contributed by atoms with Crippen LogP contribution in [0.15, 0.2) is 48.7 Å². The Hall–Kier alpha value is -3.49. The fourth-order valence-electron chi connectivity index (χ4n) is 3.44. The number of imide groups is 1. The average molecular weight is 400 g/mol. The summed E-state index contributed by atoms with van der Waals surface area (Å²) in [7, 11) is 0. The average Bonchev–Trinajstić information content (AvgIpc) is 3.18. The Balaban J connectivity index is 1.58. The molecule has 4 rings (SSSR count). The summed E-state index contributed by atoms with van der Waals surface area (Å²) < 4.78 is 30.9. The molecule has 1 N–H and O–H groups in total. The largest absolute Gasteiger partial charge is 0.435 e. The molecule has 3 aromatic rings. The van der Waals surface area contributed by atoms with Crippen LogP contribution in [-0.4, -0.2) is 32.8 Å². The summed E-state index contributed by atoms with van der Waals surface area (Å²) in [6.07, 6.45) is 1.79. The molecule has 1 fully saturated rings. The number of hydrogen-bond acceptors (Lipinski definition) is 4. The third-order valence-corrected chi connectivity index (χ3v) is 5.00. The van der Waals surface area contributed by atoms with Crippen LogP contribution in [0.1, 0.15) is 23.9 Å². The Morgan fingerprint density at radius 1 is 1.17 bits per heavy atom. The van der Waals surface area contributed by atoms with Crippen LogP contribution in [0.4, 0.5) is 13.6 Å². The van der Waals surface area contributed by atoms with E-state index in [1.165, 1.54) is 24.3 Å². The minimum atomic E-state index is -2.94. The summed E-state index contributed by atoms with van der Waals surface area (Å²) in [5.74, 6) is -0.472. The zero-order valence-corrected chi connectivity index (χ0v) is 15.7. The molecule has 1 unspecified atom stereocenters. The maximum atomic E-state index is 13.0. The van der Waals surface area contributed by atoms with Crippen LogP contribution < -0.4 is 10.1 Å². The molecular weight excluding hydrogens is 382 g/mol. The van der Waals surface area contributed by atoms with E-state index in [9.17, 15) is 18.4 Å². The third kappa shape index (κ3) is 3.28. The second kappa shape index (κ2) is 6.84. The van der Waals surface area contributed by atoms with Crippen molar-refractivity contribution in [2.24, 2.45) is 0 Å². The Morgan fingerprint density at radius 2 is 1.90 bits per heavy atom. The lowest BCUT2D eigenvalue weighted by atomic mass is 9.92. The number of ether oxygens (including phenoxy) is 1. The molecule has 29 heavy (non-hydrogen) atoms. The van der Waals surface area contributed by atoms with Crippen LogP contribution in [-0.2, 0) is 16.9 Å². The molecule has 0 radical (unpaired) electrons. The maximum absolute atomic E-state index is 13.0. The van der Waals surface area contributed by atoms with Gasteiger partial charge in [-0.15, -0.1) is 0 Å². The third-order valence-electron chi connectivity index (χ3n) is 5.00. The van der Waals surface area contributed by atoms with Crippen LogP contribution in [0, 0.1) is 6.92 Å². The molecule has 1 saturated heterocycles. The molecule has 1 aromatic carbocycles. The van der Waals surface area contributed by atoms with Gasteiger partial charge in [-0.1, -0.05) is 18.2 Å². The fourth-order valence-corrected chi connectivity index (χ4v) is 3.44. The Morgan fingerprint density at radius 3 is 2.55 bits per heavy atom. The lowest BCUT2D eigenvalue weighted by molar-refractivity contribution is -0.131. The summed E-state index contributed by atoms with van der Waals surface area (Å²) in [4.78, 5) is 31.1. The first-order valence-electron chi connectivity index (χ1n) is 8.91. The molecule has 9 heteroatoms. The number of urea groups is 1. The van der Waals surface area contributed by atoms with Crippen LogP contribution in [0.2, 0.25) is 0 Å². The monoisotopic (exact) mass is 400 g/mol. The molecule has 3 heterocycles. The first-order valence-corrected chi connectivity index (χ1v) is 8.91. The van der Waals surface area contributed by atoms with Crippen molar-refractivity contribution >= 4 is 17.6 Å². The van der Waals surface area contributed by atoms with Crippen molar-refractivity contribution in [3.8, 4) is 5.75 Å². The molecule has 150 valence electrons. The number of pyridine rings is 1. The number of aromatic nitrogens is 2. The van der Waals surface area contributed by atoms with Crippen LogP contribution in [0.3, 0.4) is 0 Å². The van der Waals surface area contributed by atoms with Gasteiger partial charge in [0.25, 0.3) is 5.91 Å². The van der Waals surface area contributed by atoms with Crippen molar-refractivity contribution in [3.63, 3.8) is 0 Å². The summed E-state index contributed by atoms with van der Waals surface area (Å²) in [6.45, 7) is 0.594. The van der Waals surface area contributed by atoms with Gasteiger partial charge in [-0.25, -0.2) is 9.78 Å². The van der Waals surface area contributed by atoms with Gasteiger partial charge in [0, 0.05) is 11.9 Å². The van der Waals surface area contributed by atoms with Crippen molar-refractivity contribution in [2.75, 3.05) is 0 Å². The van der Waals surface area contributed by atoms with E-state index in [0.717, 1.165) is 16.2 Å². The number of amides is 3. The highest BCUT2D eigenvalue weighted by Crippen LogP contribution is 2.31. The Bertz CT molecular complexity index is 1100. The van der Waals surface area contributed by atoms with Crippen LogP contribution in [0.5, 0.6) is 5.75 Å². The van der Waals surface area contributed by atoms with Gasteiger partial charge >= 0.3 is 12.6 Å². The minimum absolute atomic E-state index is 0.0218. The standard InChI is InChI=1S/C20H18F2N4O3/c1-12-4-3-5-16-23-14(10-25(12)16)11-26-17(27)20(2,24-19(26)28)13-6-8-15(9-7-13)29-18(21)22/h3-10,18H,11H2,1-2H3,(H,24,28). The molecule has 1 aliphatic heterocycles. The zero-order chi connectivity index (χ0) is 20.8. The van der Waals surface area contributed by atoms with Crippen LogP contribution in [0.25, 0.3) is 5.65 Å². The van der Waals surface area contributed by atoms with Crippen molar-refractivity contribution in [1.82, 2.24) is 19.6 Å². The van der Waals surface area contributed by atoms with Gasteiger partial charge in [0.1, 0.15) is 16.9 Å². The molecular formula is C20H18F2N4O3. The zero-order valence-electron chi connectivity index (χ0n) is 15.7. The Kier molecular flexibility index (Phi) is 4.45. The number of rotatable bonds is 5. The smallest absolute Gasteiger partial charge is 0.387 e. The highest BCUT2D eigenvalue weighted by atomic mass is 19.3. The van der Waals surface area contributed by atoms with Gasteiger partial charge in [-0.2, -0.15) is 8.78 Å². The molecule has 0 saturated carbocycles. The van der Waals surface area contributed by atoms with Gasteiger partial charge < -0.3 is 14.5 Å². The molecule has 1 atom stereocenters. The first-order chi connectivity index (χ1) is 13.8. The molecule has 7 nitrogen and oxygen atoms in total. The number of imidazole rings is 1. The van der Waals surface area contributed by atoms with Gasteiger partial charge in [-0.3, -0.25) is 9.69 Å². The van der Waals surface area contributed by atoms with Crippen molar-refractivity contribution in [3.05, 3.63) is 65.6 Å². The quantitative estimate of drug-likeness (QED) is 0.668. The van der Waals surface area contributed by atoms with E-state index in [0.29, 0.717) is 11.3 Å². The SMILES string of the molecule is Cc1cccc2nc(CN3C(=O)NC(C)(c4ccc(OC(F)F)cc4)C3=O)cn12.